The first-order valence-electron chi connectivity index (χ1n) is 13.2. The summed E-state index contributed by atoms with van der Waals surface area (Å²) < 4.78 is 1.03. The first-order chi connectivity index (χ1) is 18.5. The third-order valence-electron chi connectivity index (χ3n) is 6.93. The van der Waals surface area contributed by atoms with Gasteiger partial charge in [-0.25, -0.2) is 0 Å². The summed E-state index contributed by atoms with van der Waals surface area (Å²) in [6.45, 7) is 0.285. The molecule has 4 rings (SSSR count). The van der Waals surface area contributed by atoms with Gasteiger partial charge in [-0.1, -0.05) is 107 Å². The quantitative estimate of drug-likeness (QED) is 0.245. The van der Waals surface area contributed by atoms with Crippen molar-refractivity contribution in [2.24, 2.45) is 0 Å². The fourth-order valence-corrected chi connectivity index (χ4v) is 6.16. The van der Waals surface area contributed by atoms with Crippen molar-refractivity contribution >= 4 is 51.1 Å². The molecule has 200 valence electrons. The summed E-state index contributed by atoms with van der Waals surface area (Å²) in [6, 6.07) is 25.1. The summed E-state index contributed by atoms with van der Waals surface area (Å²) in [5.74, 6) is 0.852. The zero-order chi connectivity index (χ0) is 26.7. The van der Waals surface area contributed by atoms with Gasteiger partial charge in [-0.05, 0) is 47.7 Å². The molecule has 1 N–H and O–H groups in total. The van der Waals surface area contributed by atoms with Crippen molar-refractivity contribution in [3.8, 4) is 0 Å². The molecule has 0 radical (unpaired) electrons. The topological polar surface area (TPSA) is 49.4 Å². The van der Waals surface area contributed by atoms with Crippen LogP contribution in [0.5, 0.6) is 0 Å². The van der Waals surface area contributed by atoms with Crippen molar-refractivity contribution in [3.63, 3.8) is 0 Å². The van der Waals surface area contributed by atoms with Gasteiger partial charge in [0.25, 0.3) is 0 Å². The second-order valence-corrected chi connectivity index (χ2v) is 12.1. The van der Waals surface area contributed by atoms with Crippen LogP contribution in [0, 0.1) is 0 Å². The summed E-state index contributed by atoms with van der Waals surface area (Å²) in [6.07, 6.45) is 5.91. The minimum Gasteiger partial charge on any atom is -0.352 e. The fraction of sp³-hybridized carbons (Fsp3) is 0.355. The Bertz CT molecular complexity index is 1190. The van der Waals surface area contributed by atoms with Crippen LogP contribution in [-0.4, -0.2) is 34.6 Å². The molecular weight excluding hydrogens is 580 g/mol. The highest BCUT2D eigenvalue weighted by Gasteiger charge is 2.32. The van der Waals surface area contributed by atoms with Gasteiger partial charge in [0.1, 0.15) is 6.04 Å². The standard InChI is InChI=1S/C31H34BrClN2O2S/c32-26-17-15-24(16-18-26)21-38-22-30(36)35(20-25-11-7-8-14-28(25)33)29(19-23-9-3-1-4-10-23)31(37)34-27-12-5-2-6-13-27/h1,3-4,7-11,14-18,27,29H,2,5-6,12-13,19-22H2,(H,34,37)/t29-/m0/s1. The van der Waals surface area contributed by atoms with E-state index in [0.717, 1.165) is 52.6 Å². The van der Waals surface area contributed by atoms with Crippen LogP contribution in [0.15, 0.2) is 83.3 Å². The molecule has 1 aliphatic rings. The second-order valence-electron chi connectivity index (χ2n) is 9.78. The van der Waals surface area contributed by atoms with E-state index in [1.54, 1.807) is 16.7 Å². The zero-order valence-electron chi connectivity index (χ0n) is 21.5. The maximum absolute atomic E-state index is 13.8. The molecule has 0 unspecified atom stereocenters. The number of rotatable bonds is 11. The lowest BCUT2D eigenvalue weighted by Crippen LogP contribution is -2.53. The van der Waals surface area contributed by atoms with Crippen LogP contribution >= 0.6 is 39.3 Å². The molecule has 0 heterocycles. The highest BCUT2D eigenvalue weighted by molar-refractivity contribution is 9.10. The molecular formula is C31H34BrClN2O2S. The van der Waals surface area contributed by atoms with E-state index < -0.39 is 6.04 Å². The highest BCUT2D eigenvalue weighted by atomic mass is 79.9. The highest BCUT2D eigenvalue weighted by Crippen LogP contribution is 2.24. The van der Waals surface area contributed by atoms with Crippen molar-refractivity contribution in [2.45, 2.75) is 62.9 Å². The van der Waals surface area contributed by atoms with E-state index in [-0.39, 0.29) is 30.2 Å². The normalized spacial score (nSPS) is 14.6. The van der Waals surface area contributed by atoms with Crippen LogP contribution in [0.4, 0.5) is 0 Å². The van der Waals surface area contributed by atoms with E-state index in [2.05, 4.69) is 33.4 Å². The van der Waals surface area contributed by atoms with Crippen LogP contribution < -0.4 is 5.32 Å². The van der Waals surface area contributed by atoms with E-state index >= 15 is 0 Å². The number of amides is 2. The Hall–Kier alpha value is -2.28. The SMILES string of the molecule is O=C(NC1CCCCC1)[C@H](Cc1ccccc1)N(Cc1ccccc1Cl)C(=O)CSCc1ccc(Br)cc1. The van der Waals surface area contributed by atoms with Crippen LogP contribution in [0.3, 0.4) is 0 Å². The molecule has 7 heteroatoms. The van der Waals surface area contributed by atoms with Crippen LogP contribution in [0.25, 0.3) is 0 Å². The smallest absolute Gasteiger partial charge is 0.243 e. The molecule has 2 amide bonds. The van der Waals surface area contributed by atoms with Gasteiger partial charge in [-0.3, -0.25) is 9.59 Å². The molecule has 1 saturated carbocycles. The van der Waals surface area contributed by atoms with Gasteiger partial charge in [0, 0.05) is 34.3 Å². The summed E-state index contributed by atoms with van der Waals surface area (Å²) >= 11 is 11.6. The summed E-state index contributed by atoms with van der Waals surface area (Å²) in [5.41, 5.74) is 3.01. The van der Waals surface area contributed by atoms with Crippen LogP contribution in [-0.2, 0) is 28.3 Å². The number of hydrogen-bond acceptors (Lipinski definition) is 3. The third kappa shape index (κ3) is 8.62. The summed E-state index contributed by atoms with van der Waals surface area (Å²) in [4.78, 5) is 29.4. The van der Waals surface area contributed by atoms with Crippen molar-refractivity contribution in [1.29, 1.82) is 0 Å². The number of halogens is 2. The Kier molecular flexibility index (Phi) is 11.2. The van der Waals surface area contributed by atoms with E-state index in [1.807, 2.05) is 66.7 Å². The van der Waals surface area contributed by atoms with Gasteiger partial charge in [0.2, 0.25) is 11.8 Å². The lowest BCUT2D eigenvalue weighted by Gasteiger charge is -2.33. The monoisotopic (exact) mass is 612 g/mol. The van der Waals surface area contributed by atoms with Gasteiger partial charge >= 0.3 is 0 Å². The van der Waals surface area contributed by atoms with E-state index in [4.69, 9.17) is 11.6 Å². The predicted molar refractivity (Wildman–Crippen MR) is 161 cm³/mol. The third-order valence-corrected chi connectivity index (χ3v) is 8.81. The zero-order valence-corrected chi connectivity index (χ0v) is 24.6. The summed E-state index contributed by atoms with van der Waals surface area (Å²) in [5, 5.41) is 3.88. The second kappa shape index (κ2) is 14.8. The van der Waals surface area contributed by atoms with Gasteiger partial charge in [0.05, 0.1) is 5.75 Å². The molecule has 4 nitrogen and oxygen atoms in total. The van der Waals surface area contributed by atoms with Gasteiger partial charge < -0.3 is 10.2 Å². The molecule has 3 aromatic rings. The average Bonchev–Trinajstić information content (AvgIpc) is 2.93. The number of thioether (sulfide) groups is 1. The molecule has 3 aromatic carbocycles. The van der Waals surface area contributed by atoms with Gasteiger partial charge in [-0.2, -0.15) is 0 Å². The first-order valence-corrected chi connectivity index (χ1v) is 15.5. The lowest BCUT2D eigenvalue weighted by atomic mass is 9.94. The number of carbonyl (C=O) groups is 2. The molecule has 1 aliphatic carbocycles. The largest absolute Gasteiger partial charge is 0.352 e. The van der Waals surface area contributed by atoms with Crippen molar-refractivity contribution in [1.82, 2.24) is 10.2 Å². The first kappa shape index (κ1) is 28.7. The predicted octanol–water partition coefficient (Wildman–Crippen LogP) is 7.42. The fourth-order valence-electron chi connectivity index (χ4n) is 4.83. The Morgan fingerprint density at radius 1 is 0.921 bits per heavy atom. The minimum atomic E-state index is -0.628. The van der Waals surface area contributed by atoms with Gasteiger partial charge in [-0.15, -0.1) is 11.8 Å². The lowest BCUT2D eigenvalue weighted by molar-refractivity contribution is -0.139. The number of carbonyl (C=O) groups excluding carboxylic acids is 2. The Morgan fingerprint density at radius 3 is 2.32 bits per heavy atom. The molecule has 0 saturated heterocycles. The van der Waals surface area contributed by atoms with Gasteiger partial charge in [0.15, 0.2) is 0 Å². The maximum Gasteiger partial charge on any atom is 0.243 e. The number of hydrogen-bond donors (Lipinski definition) is 1. The Labute approximate surface area is 243 Å². The van der Waals surface area contributed by atoms with Crippen molar-refractivity contribution in [2.75, 3.05) is 5.75 Å². The molecule has 0 aromatic heterocycles. The molecule has 0 bridgehead atoms. The molecule has 38 heavy (non-hydrogen) atoms. The molecule has 0 aliphatic heterocycles. The average molecular weight is 614 g/mol. The number of nitrogens with one attached hydrogen (secondary N) is 1. The van der Waals surface area contributed by atoms with Crippen molar-refractivity contribution < 1.29 is 9.59 Å². The molecule has 1 fully saturated rings. The Morgan fingerprint density at radius 2 is 1.61 bits per heavy atom. The van der Waals surface area contributed by atoms with E-state index in [0.29, 0.717) is 11.4 Å². The van der Waals surface area contributed by atoms with E-state index in [1.165, 1.54) is 6.42 Å². The Balaban J connectivity index is 1.56. The van der Waals surface area contributed by atoms with Crippen LogP contribution in [0.1, 0.15) is 48.8 Å². The van der Waals surface area contributed by atoms with Crippen molar-refractivity contribution in [3.05, 3.63) is 105 Å². The maximum atomic E-state index is 13.8. The minimum absolute atomic E-state index is 0.0632. The van der Waals surface area contributed by atoms with E-state index in [9.17, 15) is 9.59 Å². The van der Waals surface area contributed by atoms with Crippen LogP contribution in [0.2, 0.25) is 5.02 Å². The summed E-state index contributed by atoms with van der Waals surface area (Å²) in [7, 11) is 0. The number of nitrogens with zero attached hydrogens (tertiary/aromatic N) is 1. The molecule has 1 atom stereocenters. The number of benzene rings is 3. The molecule has 0 spiro atoms.